The molecule has 0 radical (unpaired) electrons. The third-order valence-electron chi connectivity index (χ3n) is 2.89. The fourth-order valence-corrected chi connectivity index (χ4v) is 1.87. The smallest absolute Gasteiger partial charge is 0.328 e. The number of imidazole rings is 1. The predicted molar refractivity (Wildman–Crippen MR) is 74.0 cm³/mol. The fourth-order valence-electron chi connectivity index (χ4n) is 1.87. The molecular formula is C14H19N3O. The number of hydrogen-bond acceptors (Lipinski definition) is 2. The Morgan fingerprint density at radius 2 is 1.89 bits per heavy atom. The van der Waals surface area contributed by atoms with Crippen molar-refractivity contribution in [3.05, 3.63) is 53.2 Å². The molecule has 0 atom stereocenters. The van der Waals surface area contributed by atoms with Gasteiger partial charge in [0.1, 0.15) is 0 Å². The van der Waals surface area contributed by atoms with Crippen LogP contribution >= 0.6 is 0 Å². The Labute approximate surface area is 107 Å². The van der Waals surface area contributed by atoms with E-state index in [-0.39, 0.29) is 11.7 Å². The summed E-state index contributed by atoms with van der Waals surface area (Å²) in [7, 11) is 0. The normalized spacial score (nSPS) is 10.8. The van der Waals surface area contributed by atoms with Gasteiger partial charge in [-0.2, -0.15) is 0 Å². The minimum atomic E-state index is 0.0554. The van der Waals surface area contributed by atoms with Crippen LogP contribution in [0.25, 0.3) is 0 Å². The van der Waals surface area contributed by atoms with Gasteiger partial charge in [0.05, 0.1) is 0 Å². The van der Waals surface area contributed by atoms with Gasteiger partial charge in [-0.25, -0.2) is 4.79 Å². The number of rotatable bonds is 5. The first kappa shape index (κ1) is 12.5. The largest absolute Gasteiger partial charge is 0.383 e. The maximum atomic E-state index is 12.0. The predicted octanol–water partition coefficient (Wildman–Crippen LogP) is 2.34. The summed E-state index contributed by atoms with van der Waals surface area (Å²) in [5.74, 6) is 0. The molecule has 0 fully saturated rings. The lowest BCUT2D eigenvalue weighted by Gasteiger charge is -2.07. The molecule has 0 aliphatic carbocycles. The Morgan fingerprint density at radius 1 is 1.17 bits per heavy atom. The van der Waals surface area contributed by atoms with Gasteiger partial charge in [0.25, 0.3) is 0 Å². The van der Waals surface area contributed by atoms with Gasteiger partial charge in [0.2, 0.25) is 0 Å². The van der Waals surface area contributed by atoms with E-state index in [4.69, 9.17) is 0 Å². The topological polar surface area (TPSA) is 39.0 Å². The van der Waals surface area contributed by atoms with E-state index in [1.165, 1.54) is 0 Å². The van der Waals surface area contributed by atoms with Crippen molar-refractivity contribution in [3.63, 3.8) is 0 Å². The Balaban J connectivity index is 1.93. The lowest BCUT2D eigenvalue weighted by Crippen LogP contribution is -2.27. The van der Waals surface area contributed by atoms with E-state index in [0.29, 0.717) is 6.54 Å². The maximum Gasteiger partial charge on any atom is 0.328 e. The molecule has 1 N–H and O–H groups in total. The second-order valence-electron chi connectivity index (χ2n) is 4.57. The second-order valence-corrected chi connectivity index (χ2v) is 4.57. The molecule has 2 aromatic rings. The molecule has 1 aromatic heterocycles. The SMILES string of the molecule is CC(C)n1ccn(CCNc2ccccc2)c1=O. The van der Waals surface area contributed by atoms with E-state index in [1.54, 1.807) is 9.13 Å². The van der Waals surface area contributed by atoms with Crippen LogP contribution in [-0.2, 0) is 6.54 Å². The molecule has 96 valence electrons. The monoisotopic (exact) mass is 245 g/mol. The molecule has 4 heteroatoms. The van der Waals surface area contributed by atoms with Crippen LogP contribution in [0.5, 0.6) is 0 Å². The molecule has 0 saturated heterocycles. The second kappa shape index (κ2) is 5.58. The summed E-state index contributed by atoms with van der Waals surface area (Å²) >= 11 is 0. The average Bonchev–Trinajstić information content (AvgIpc) is 2.73. The van der Waals surface area contributed by atoms with Crippen molar-refractivity contribution in [1.29, 1.82) is 0 Å². The van der Waals surface area contributed by atoms with E-state index in [2.05, 4.69) is 5.32 Å². The highest BCUT2D eigenvalue weighted by Gasteiger charge is 2.05. The van der Waals surface area contributed by atoms with E-state index in [9.17, 15) is 4.79 Å². The minimum Gasteiger partial charge on any atom is -0.383 e. The highest BCUT2D eigenvalue weighted by molar-refractivity contribution is 5.42. The summed E-state index contributed by atoms with van der Waals surface area (Å²) in [5, 5.41) is 3.29. The third-order valence-corrected chi connectivity index (χ3v) is 2.89. The van der Waals surface area contributed by atoms with Crippen molar-refractivity contribution in [2.45, 2.75) is 26.4 Å². The third kappa shape index (κ3) is 2.83. The number of nitrogens with one attached hydrogen (secondary N) is 1. The van der Waals surface area contributed by atoms with Crippen LogP contribution in [0.1, 0.15) is 19.9 Å². The number of nitrogens with zero attached hydrogens (tertiary/aromatic N) is 2. The highest BCUT2D eigenvalue weighted by atomic mass is 16.1. The molecule has 1 aromatic carbocycles. The van der Waals surface area contributed by atoms with Crippen molar-refractivity contribution in [1.82, 2.24) is 9.13 Å². The van der Waals surface area contributed by atoms with Crippen molar-refractivity contribution >= 4 is 5.69 Å². The average molecular weight is 245 g/mol. The van der Waals surface area contributed by atoms with E-state index in [0.717, 1.165) is 12.2 Å². The molecule has 0 aliphatic heterocycles. The number of benzene rings is 1. The molecule has 0 bridgehead atoms. The summed E-state index contributed by atoms with van der Waals surface area (Å²) in [4.78, 5) is 12.0. The molecule has 4 nitrogen and oxygen atoms in total. The van der Waals surface area contributed by atoms with E-state index in [1.807, 2.05) is 56.6 Å². The number of anilines is 1. The molecular weight excluding hydrogens is 226 g/mol. The van der Waals surface area contributed by atoms with Crippen LogP contribution < -0.4 is 11.0 Å². The maximum absolute atomic E-state index is 12.0. The Bertz CT molecular complexity index is 540. The quantitative estimate of drug-likeness (QED) is 0.878. The Morgan fingerprint density at radius 3 is 2.50 bits per heavy atom. The van der Waals surface area contributed by atoms with E-state index >= 15 is 0 Å². The summed E-state index contributed by atoms with van der Waals surface area (Å²) < 4.78 is 3.47. The zero-order valence-electron chi connectivity index (χ0n) is 10.8. The fraction of sp³-hybridized carbons (Fsp3) is 0.357. The van der Waals surface area contributed by atoms with Crippen molar-refractivity contribution in [2.24, 2.45) is 0 Å². The van der Waals surface area contributed by atoms with Crippen molar-refractivity contribution in [2.75, 3.05) is 11.9 Å². The van der Waals surface area contributed by atoms with Crippen LogP contribution in [0.2, 0.25) is 0 Å². The van der Waals surface area contributed by atoms with E-state index < -0.39 is 0 Å². The summed E-state index contributed by atoms with van der Waals surface area (Å²) in [6.45, 7) is 5.43. The van der Waals surface area contributed by atoms with Gasteiger partial charge < -0.3 is 5.32 Å². The Kier molecular flexibility index (Phi) is 3.87. The molecule has 0 amide bonds. The zero-order chi connectivity index (χ0) is 13.0. The van der Waals surface area contributed by atoms with Gasteiger partial charge in [-0.05, 0) is 26.0 Å². The molecule has 18 heavy (non-hydrogen) atoms. The zero-order valence-corrected chi connectivity index (χ0v) is 10.8. The lowest BCUT2D eigenvalue weighted by atomic mass is 10.3. The van der Waals surface area contributed by atoms with Crippen LogP contribution in [0.3, 0.4) is 0 Å². The number of para-hydroxylation sites is 1. The molecule has 0 spiro atoms. The number of aromatic nitrogens is 2. The summed E-state index contributed by atoms with van der Waals surface area (Å²) in [6.07, 6.45) is 3.69. The van der Waals surface area contributed by atoms with Gasteiger partial charge in [0.15, 0.2) is 0 Å². The Hall–Kier alpha value is -1.97. The first-order valence-corrected chi connectivity index (χ1v) is 6.24. The lowest BCUT2D eigenvalue weighted by molar-refractivity contribution is 0.555. The van der Waals surface area contributed by atoms with Gasteiger partial charge in [0, 0.05) is 37.2 Å². The van der Waals surface area contributed by atoms with Crippen molar-refractivity contribution < 1.29 is 0 Å². The first-order chi connectivity index (χ1) is 8.68. The minimum absolute atomic E-state index is 0.0554. The molecule has 2 rings (SSSR count). The van der Waals surface area contributed by atoms with Crippen molar-refractivity contribution in [3.8, 4) is 0 Å². The van der Waals surface area contributed by atoms with Crippen LogP contribution in [-0.4, -0.2) is 15.7 Å². The standard InChI is InChI=1S/C14H19N3O/c1-12(2)17-11-10-16(14(17)18)9-8-15-13-6-4-3-5-7-13/h3-7,10-12,15H,8-9H2,1-2H3. The summed E-state index contributed by atoms with van der Waals surface area (Å²) in [5.41, 5.74) is 1.13. The van der Waals surface area contributed by atoms with Gasteiger partial charge in [-0.15, -0.1) is 0 Å². The highest BCUT2D eigenvalue weighted by Crippen LogP contribution is 2.04. The van der Waals surface area contributed by atoms with Gasteiger partial charge in [-0.3, -0.25) is 9.13 Å². The van der Waals surface area contributed by atoms with Crippen LogP contribution in [0.4, 0.5) is 5.69 Å². The molecule has 0 aliphatic rings. The van der Waals surface area contributed by atoms with Gasteiger partial charge in [-0.1, -0.05) is 18.2 Å². The molecule has 0 saturated carbocycles. The van der Waals surface area contributed by atoms with Gasteiger partial charge >= 0.3 is 5.69 Å². The first-order valence-electron chi connectivity index (χ1n) is 6.24. The summed E-state index contributed by atoms with van der Waals surface area (Å²) in [6, 6.07) is 10.2. The molecule has 1 heterocycles. The number of hydrogen-bond donors (Lipinski definition) is 1. The molecule has 0 unspecified atom stereocenters. The van der Waals surface area contributed by atoms with Crippen LogP contribution in [0, 0.1) is 0 Å². The van der Waals surface area contributed by atoms with Crippen LogP contribution in [0.15, 0.2) is 47.5 Å².